The second-order valence-corrected chi connectivity index (χ2v) is 11.6. The van der Waals surface area contributed by atoms with E-state index in [1.54, 1.807) is 13.8 Å². The van der Waals surface area contributed by atoms with Crippen molar-refractivity contribution in [2.75, 3.05) is 31.6 Å². The zero-order valence-electron chi connectivity index (χ0n) is 25.8. The number of carbonyl (C=O) groups is 4. The minimum absolute atomic E-state index is 0.0230. The van der Waals surface area contributed by atoms with Gasteiger partial charge in [-0.05, 0) is 119 Å². The molecule has 0 atom stereocenters. The summed E-state index contributed by atoms with van der Waals surface area (Å²) in [6.07, 6.45) is 9.90. The molecule has 4 aliphatic carbocycles. The number of carbonyl (C=O) groups excluding carboxylic acids is 4. The Hall–Kier alpha value is -4.03. The molecule has 10 nitrogen and oxygen atoms in total. The highest BCUT2D eigenvalue weighted by molar-refractivity contribution is 5.89. The van der Waals surface area contributed by atoms with E-state index < -0.39 is 35.4 Å². The molecule has 4 saturated carbocycles. The van der Waals surface area contributed by atoms with Gasteiger partial charge in [0.25, 0.3) is 0 Å². The summed E-state index contributed by atoms with van der Waals surface area (Å²) < 4.78 is 48.1. The average Bonchev–Trinajstić information content (AvgIpc) is 2.98. The first-order valence-corrected chi connectivity index (χ1v) is 15.4. The molecule has 4 N–H and O–H groups in total. The monoisotopic (exact) mass is 636 g/mol. The molecule has 0 radical (unpaired) electrons. The average molecular weight is 637 g/mol. The molecular weight excluding hydrogens is 593 g/mol. The molecule has 13 heteroatoms. The Labute approximate surface area is 261 Å². The van der Waals surface area contributed by atoms with E-state index >= 15 is 0 Å². The van der Waals surface area contributed by atoms with E-state index in [9.17, 15) is 32.3 Å². The van der Waals surface area contributed by atoms with E-state index in [1.807, 2.05) is 0 Å². The third-order valence-corrected chi connectivity index (χ3v) is 7.97. The van der Waals surface area contributed by atoms with Crippen LogP contribution >= 0.6 is 0 Å². The standard InChI is InChI=1S/C18H27FN2O3.C14H16F2N2O3/c1-2-24-16(22)15(19)4-3-5-20-17(23)21-18-9-12-6-13(10-18)8-14(7-12)11-18;1-2-21-13(19)12(16)4-3-9-17-14(20)18-11-7-5-10(15)6-8-11/h4,12-14H,2-3,5-11H2,1H3,(H2,20,21,23);4-8H,2-3,9H2,1H3,(H2,17,18,20)/b15-4-;12-4-. The van der Waals surface area contributed by atoms with Gasteiger partial charge in [0.2, 0.25) is 11.7 Å². The summed E-state index contributed by atoms with van der Waals surface area (Å²) in [5.74, 6) is -1.93. The highest BCUT2D eigenvalue weighted by Crippen LogP contribution is 2.55. The first kappa shape index (κ1) is 35.4. The van der Waals surface area contributed by atoms with Gasteiger partial charge in [0.1, 0.15) is 5.82 Å². The topological polar surface area (TPSA) is 135 Å². The van der Waals surface area contributed by atoms with Crippen molar-refractivity contribution in [3.8, 4) is 0 Å². The number of ether oxygens (including phenoxy) is 2. The van der Waals surface area contributed by atoms with Gasteiger partial charge < -0.3 is 30.7 Å². The summed E-state index contributed by atoms with van der Waals surface area (Å²) >= 11 is 0. The van der Waals surface area contributed by atoms with Gasteiger partial charge >= 0.3 is 24.0 Å². The van der Waals surface area contributed by atoms with E-state index in [0.29, 0.717) is 12.2 Å². The van der Waals surface area contributed by atoms with Gasteiger partial charge in [-0.3, -0.25) is 0 Å². The molecule has 4 fully saturated rings. The van der Waals surface area contributed by atoms with Crippen molar-refractivity contribution in [3.63, 3.8) is 0 Å². The van der Waals surface area contributed by atoms with Crippen molar-refractivity contribution in [1.29, 1.82) is 0 Å². The lowest BCUT2D eigenvalue weighted by atomic mass is 9.53. The quantitative estimate of drug-likeness (QED) is 0.130. The zero-order valence-corrected chi connectivity index (χ0v) is 25.8. The molecule has 4 amide bonds. The Balaban J connectivity index is 0.000000248. The number of esters is 2. The molecule has 1 aromatic rings. The van der Waals surface area contributed by atoms with Crippen LogP contribution in [-0.4, -0.2) is 55.8 Å². The van der Waals surface area contributed by atoms with Crippen molar-refractivity contribution < 1.29 is 41.8 Å². The summed E-state index contributed by atoms with van der Waals surface area (Å²) in [4.78, 5) is 45.7. The number of urea groups is 2. The minimum Gasteiger partial charge on any atom is -0.461 e. The number of hydrogen-bond donors (Lipinski definition) is 4. The Morgan fingerprint density at radius 3 is 1.67 bits per heavy atom. The number of nitrogens with one attached hydrogen (secondary N) is 4. The fourth-order valence-corrected chi connectivity index (χ4v) is 6.59. The number of anilines is 1. The third kappa shape index (κ3) is 11.8. The Morgan fingerprint density at radius 1 is 0.778 bits per heavy atom. The molecule has 0 aromatic heterocycles. The van der Waals surface area contributed by atoms with Crippen LogP contribution in [0, 0.1) is 23.6 Å². The maximum absolute atomic E-state index is 13.4. The molecule has 4 bridgehead atoms. The van der Waals surface area contributed by atoms with Gasteiger partial charge in [-0.15, -0.1) is 0 Å². The van der Waals surface area contributed by atoms with Gasteiger partial charge in [0.15, 0.2) is 0 Å². The van der Waals surface area contributed by atoms with Crippen LogP contribution in [-0.2, 0) is 19.1 Å². The number of amides is 4. The number of hydrogen-bond acceptors (Lipinski definition) is 6. The van der Waals surface area contributed by atoms with Crippen LogP contribution in [0.3, 0.4) is 0 Å². The lowest BCUT2D eigenvalue weighted by Crippen LogP contribution is -2.61. The van der Waals surface area contributed by atoms with Gasteiger partial charge in [-0.2, -0.15) is 8.78 Å². The second-order valence-electron chi connectivity index (χ2n) is 11.6. The first-order valence-electron chi connectivity index (χ1n) is 15.4. The molecule has 4 aliphatic rings. The minimum atomic E-state index is -1.02. The first-order chi connectivity index (χ1) is 21.5. The molecule has 1 aromatic carbocycles. The van der Waals surface area contributed by atoms with E-state index in [-0.39, 0.29) is 44.2 Å². The molecule has 0 unspecified atom stereocenters. The normalized spacial score (nSPS) is 23.3. The highest BCUT2D eigenvalue weighted by Gasteiger charge is 2.51. The summed E-state index contributed by atoms with van der Waals surface area (Å²) in [6.45, 7) is 3.88. The molecule has 0 spiro atoms. The van der Waals surface area contributed by atoms with Crippen LogP contribution in [0.25, 0.3) is 0 Å². The summed E-state index contributed by atoms with van der Waals surface area (Å²) in [6, 6.07) is 4.57. The van der Waals surface area contributed by atoms with Gasteiger partial charge in [0.05, 0.1) is 13.2 Å². The van der Waals surface area contributed by atoms with E-state index in [4.69, 9.17) is 0 Å². The predicted octanol–water partition coefficient (Wildman–Crippen LogP) is 5.81. The van der Waals surface area contributed by atoms with E-state index in [2.05, 4.69) is 30.7 Å². The highest BCUT2D eigenvalue weighted by atomic mass is 19.1. The smallest absolute Gasteiger partial charge is 0.366 e. The fraction of sp³-hybridized carbons (Fsp3) is 0.562. The second kappa shape index (κ2) is 17.5. The molecule has 5 rings (SSSR count). The fourth-order valence-electron chi connectivity index (χ4n) is 6.59. The predicted molar refractivity (Wildman–Crippen MR) is 162 cm³/mol. The van der Waals surface area contributed by atoms with Crippen LogP contribution in [0.15, 0.2) is 48.1 Å². The van der Waals surface area contributed by atoms with Crippen molar-refractivity contribution in [1.82, 2.24) is 16.0 Å². The number of halogens is 3. The van der Waals surface area contributed by atoms with Crippen molar-refractivity contribution in [2.24, 2.45) is 17.8 Å². The third-order valence-electron chi connectivity index (χ3n) is 7.97. The van der Waals surface area contributed by atoms with Gasteiger partial charge in [-0.25, -0.2) is 23.6 Å². The van der Waals surface area contributed by atoms with E-state index in [0.717, 1.165) is 49.2 Å². The van der Waals surface area contributed by atoms with Crippen molar-refractivity contribution in [3.05, 3.63) is 53.9 Å². The van der Waals surface area contributed by atoms with E-state index in [1.165, 1.54) is 43.5 Å². The zero-order chi connectivity index (χ0) is 32.8. The molecule has 248 valence electrons. The lowest BCUT2D eigenvalue weighted by Gasteiger charge is -2.56. The summed E-state index contributed by atoms with van der Waals surface area (Å²) in [7, 11) is 0. The van der Waals surface area contributed by atoms with Gasteiger partial charge in [-0.1, -0.05) is 0 Å². The van der Waals surface area contributed by atoms with Crippen molar-refractivity contribution >= 4 is 29.7 Å². The maximum Gasteiger partial charge on any atom is 0.366 e. The van der Waals surface area contributed by atoms with Crippen LogP contribution < -0.4 is 21.3 Å². The number of benzene rings is 1. The summed E-state index contributed by atoms with van der Waals surface area (Å²) in [5, 5.41) is 10.9. The number of rotatable bonds is 12. The molecule has 0 heterocycles. The van der Waals surface area contributed by atoms with Crippen LogP contribution in [0.5, 0.6) is 0 Å². The maximum atomic E-state index is 13.4. The molecule has 45 heavy (non-hydrogen) atoms. The lowest BCUT2D eigenvalue weighted by molar-refractivity contribution is -0.141. The van der Waals surface area contributed by atoms with Crippen LogP contribution in [0.1, 0.15) is 65.2 Å². The largest absolute Gasteiger partial charge is 0.461 e. The SMILES string of the molecule is CCOC(=O)/C(F)=C/CCNC(=O)NC12CC3CC(CC(C3)C1)C2.CCOC(=O)/C(F)=C/CCNC(=O)Nc1ccc(F)cc1. The molecule has 0 saturated heterocycles. The Kier molecular flexibility index (Phi) is 13.8. The Morgan fingerprint density at radius 2 is 1.22 bits per heavy atom. The van der Waals surface area contributed by atoms with Gasteiger partial charge in [0, 0.05) is 24.3 Å². The molecule has 0 aliphatic heterocycles. The van der Waals surface area contributed by atoms with Crippen LogP contribution in [0.4, 0.5) is 28.4 Å². The molecular formula is C32H43F3N4O6. The van der Waals surface area contributed by atoms with Crippen molar-refractivity contribution in [2.45, 2.75) is 70.8 Å². The summed E-state index contributed by atoms with van der Waals surface area (Å²) in [5.41, 5.74) is 0.410. The Bertz CT molecular complexity index is 1200. The van der Waals surface area contributed by atoms with Crippen LogP contribution in [0.2, 0.25) is 0 Å².